The van der Waals surface area contributed by atoms with Crippen LogP contribution in [0.1, 0.15) is 48.8 Å². The average molecular weight is 558 g/mol. The second-order valence-electron chi connectivity index (χ2n) is 9.47. The Kier molecular flexibility index (Phi) is 10.9. The highest BCUT2D eigenvalue weighted by Gasteiger charge is 2.30. The molecule has 214 valence electrons. The lowest BCUT2D eigenvalue weighted by atomic mass is 9.82. The number of ether oxygens (including phenoxy) is 2. The first-order chi connectivity index (χ1) is 19.2. The molecule has 1 aliphatic carbocycles. The predicted octanol–water partition coefficient (Wildman–Crippen LogP) is 5.97. The highest BCUT2D eigenvalue weighted by molar-refractivity contribution is 6.40. The quantitative estimate of drug-likeness (QED) is 0.0865. The summed E-state index contributed by atoms with van der Waals surface area (Å²) >= 11 is 0. The van der Waals surface area contributed by atoms with Gasteiger partial charge in [-0.1, -0.05) is 38.0 Å². The maximum Gasteiger partial charge on any atom is 0.416 e. The van der Waals surface area contributed by atoms with Crippen molar-refractivity contribution in [3.63, 3.8) is 0 Å². The fraction of sp³-hybridized carbons (Fsp3) is 0.367. The first kappa shape index (κ1) is 30.5. The fourth-order valence-electron chi connectivity index (χ4n) is 4.55. The summed E-state index contributed by atoms with van der Waals surface area (Å²) in [7, 11) is 2.93. The molecular formula is C30H34F3N3O4. The Labute approximate surface area is 232 Å². The first-order valence-electron chi connectivity index (χ1n) is 13.0. The van der Waals surface area contributed by atoms with Crippen molar-refractivity contribution in [2.75, 3.05) is 20.8 Å². The van der Waals surface area contributed by atoms with Crippen molar-refractivity contribution in [1.29, 1.82) is 0 Å². The number of hydrogen-bond acceptors (Lipinski definition) is 7. The van der Waals surface area contributed by atoms with Crippen LogP contribution in [0.15, 0.2) is 71.9 Å². The number of methoxy groups -OCH3 is 1. The van der Waals surface area contributed by atoms with E-state index in [1.54, 1.807) is 37.4 Å². The average Bonchev–Trinajstić information content (AvgIpc) is 2.97. The number of hydrazone groups is 1. The third kappa shape index (κ3) is 8.46. The van der Waals surface area contributed by atoms with Gasteiger partial charge < -0.3 is 14.8 Å². The largest absolute Gasteiger partial charge is 0.489 e. The normalized spacial score (nSPS) is 15.1. The summed E-state index contributed by atoms with van der Waals surface area (Å²) in [5.74, 6) is -0.0337. The molecule has 0 amide bonds. The Hall–Kier alpha value is -4.08. The highest BCUT2D eigenvalue weighted by atomic mass is 19.4. The molecule has 2 aromatic carbocycles. The Bertz CT molecular complexity index is 1230. The molecule has 1 aliphatic rings. The number of rotatable bonds is 12. The molecule has 0 radical (unpaired) electrons. The molecule has 7 nitrogen and oxygen atoms in total. The minimum absolute atomic E-state index is 0.0273. The molecule has 0 heterocycles. The van der Waals surface area contributed by atoms with E-state index in [4.69, 9.17) is 9.47 Å². The number of carbonyl (C=O) groups is 2. The van der Waals surface area contributed by atoms with Gasteiger partial charge in [0.1, 0.15) is 25.3 Å². The van der Waals surface area contributed by atoms with Crippen LogP contribution in [-0.4, -0.2) is 43.8 Å². The molecular weight excluding hydrogens is 523 g/mol. The van der Waals surface area contributed by atoms with Crippen molar-refractivity contribution in [2.24, 2.45) is 11.0 Å². The van der Waals surface area contributed by atoms with Gasteiger partial charge in [0.05, 0.1) is 12.7 Å². The van der Waals surface area contributed by atoms with Gasteiger partial charge in [0, 0.05) is 18.3 Å². The number of carbonyl (C=O) groups excluding carboxylic acids is 2. The van der Waals surface area contributed by atoms with Crippen molar-refractivity contribution in [1.82, 2.24) is 10.3 Å². The van der Waals surface area contributed by atoms with Crippen molar-refractivity contribution in [3.8, 4) is 5.75 Å². The number of benzene rings is 2. The molecule has 0 saturated heterocycles. The molecule has 40 heavy (non-hydrogen) atoms. The Morgan fingerprint density at radius 1 is 1.15 bits per heavy atom. The lowest BCUT2D eigenvalue weighted by Crippen LogP contribution is -2.30. The molecule has 2 aromatic rings. The van der Waals surface area contributed by atoms with E-state index < -0.39 is 17.7 Å². The fourth-order valence-corrected chi connectivity index (χ4v) is 4.55. The summed E-state index contributed by atoms with van der Waals surface area (Å²) in [4.78, 5) is 24.2. The number of hydrogen-bond donors (Lipinski definition) is 1. The Morgan fingerprint density at radius 2 is 1.85 bits per heavy atom. The number of nitrogens with one attached hydrogen (secondary N) is 1. The van der Waals surface area contributed by atoms with Crippen LogP contribution >= 0.6 is 0 Å². The van der Waals surface area contributed by atoms with Crippen LogP contribution < -0.4 is 10.1 Å². The zero-order valence-electron chi connectivity index (χ0n) is 22.7. The second-order valence-corrected chi connectivity index (χ2v) is 9.47. The van der Waals surface area contributed by atoms with E-state index in [2.05, 4.69) is 17.0 Å². The summed E-state index contributed by atoms with van der Waals surface area (Å²) in [5.41, 5.74) is 1.76. The summed E-state index contributed by atoms with van der Waals surface area (Å²) < 4.78 is 49.5. The number of allylic oxidation sites excluding steroid dienone is 1. The smallest absolute Gasteiger partial charge is 0.416 e. The zero-order valence-corrected chi connectivity index (χ0v) is 22.7. The molecule has 0 atom stereocenters. The minimum atomic E-state index is -4.42. The van der Waals surface area contributed by atoms with Gasteiger partial charge in [-0.3, -0.25) is 9.80 Å². The van der Waals surface area contributed by atoms with Crippen LogP contribution in [0.2, 0.25) is 0 Å². The molecule has 10 heteroatoms. The van der Waals surface area contributed by atoms with Crippen molar-refractivity contribution >= 4 is 23.7 Å². The third-order valence-electron chi connectivity index (χ3n) is 6.61. The van der Waals surface area contributed by atoms with E-state index >= 15 is 0 Å². The van der Waals surface area contributed by atoms with Crippen LogP contribution in [0.25, 0.3) is 5.70 Å². The maximum atomic E-state index is 13.0. The monoisotopic (exact) mass is 557 g/mol. The van der Waals surface area contributed by atoms with Crippen LogP contribution in [0.3, 0.4) is 0 Å². The number of aldehydes is 1. The van der Waals surface area contributed by atoms with Gasteiger partial charge in [-0.15, -0.1) is 0 Å². The number of esters is 1. The van der Waals surface area contributed by atoms with E-state index in [1.807, 2.05) is 0 Å². The molecule has 0 unspecified atom stereocenters. The molecule has 1 saturated carbocycles. The minimum Gasteiger partial charge on any atom is -0.489 e. The lowest BCUT2D eigenvalue weighted by molar-refractivity contribution is -0.137. The maximum absolute atomic E-state index is 13.0. The molecule has 1 N–H and O–H groups in total. The summed E-state index contributed by atoms with van der Waals surface area (Å²) in [6.07, 6.45) is 2.82. The SMILES string of the molecule is C=C/C(=N\N(C)CN/C(=C(\C=O)C1CCCCC1)c1ccc(OCc2cccc(C(F)(F)F)c2)cc1)C(=O)OC. The van der Waals surface area contributed by atoms with E-state index in [0.717, 1.165) is 56.1 Å². The molecule has 0 aliphatic heterocycles. The van der Waals surface area contributed by atoms with Gasteiger partial charge in [0.15, 0.2) is 5.71 Å². The van der Waals surface area contributed by atoms with Crippen LogP contribution in [-0.2, 0) is 27.1 Å². The number of alkyl halides is 3. The van der Waals surface area contributed by atoms with E-state index in [9.17, 15) is 22.8 Å². The van der Waals surface area contributed by atoms with Crippen LogP contribution in [0, 0.1) is 5.92 Å². The van der Waals surface area contributed by atoms with Crippen molar-refractivity contribution in [2.45, 2.75) is 44.9 Å². The standard InChI is InChI=1S/C30H34F3N3O4/c1-4-27(29(38)39-3)35-36(2)20-34-28(26(18-37)22-10-6-5-7-11-22)23-13-15-25(16-14-23)40-19-21-9-8-12-24(17-21)30(31,32)33/h4,8-9,12-18,22,34H,1,5-7,10-11,19-20H2,2-3H3/b28-26+,35-27+. The Balaban J connectivity index is 1.81. The lowest BCUT2D eigenvalue weighted by Gasteiger charge is -2.26. The Morgan fingerprint density at radius 3 is 2.45 bits per heavy atom. The van der Waals surface area contributed by atoms with Gasteiger partial charge in [0.2, 0.25) is 0 Å². The molecule has 1 fully saturated rings. The van der Waals surface area contributed by atoms with Gasteiger partial charge in [0.25, 0.3) is 0 Å². The summed E-state index contributed by atoms with van der Waals surface area (Å²) in [6.45, 7) is 3.74. The first-order valence-corrected chi connectivity index (χ1v) is 13.0. The van der Waals surface area contributed by atoms with Crippen molar-refractivity contribution < 1.29 is 32.2 Å². The third-order valence-corrected chi connectivity index (χ3v) is 6.61. The van der Waals surface area contributed by atoms with Crippen LogP contribution in [0.4, 0.5) is 13.2 Å². The second kappa shape index (κ2) is 14.3. The predicted molar refractivity (Wildman–Crippen MR) is 147 cm³/mol. The molecule has 3 rings (SSSR count). The van der Waals surface area contributed by atoms with E-state index in [0.29, 0.717) is 22.6 Å². The zero-order chi connectivity index (χ0) is 29.1. The van der Waals surface area contributed by atoms with Gasteiger partial charge in [-0.25, -0.2) is 4.79 Å². The molecule has 0 bridgehead atoms. The molecule has 0 spiro atoms. The van der Waals surface area contributed by atoms with E-state index in [-0.39, 0.29) is 24.9 Å². The van der Waals surface area contributed by atoms with Crippen LogP contribution in [0.5, 0.6) is 5.75 Å². The number of halogens is 3. The summed E-state index contributed by atoms with van der Waals surface area (Å²) in [5, 5.41) is 9.02. The molecule has 0 aromatic heterocycles. The van der Waals surface area contributed by atoms with Gasteiger partial charge in [-0.05, 0) is 72.4 Å². The topological polar surface area (TPSA) is 80.2 Å². The van der Waals surface area contributed by atoms with Gasteiger partial charge in [-0.2, -0.15) is 18.3 Å². The van der Waals surface area contributed by atoms with Crippen molar-refractivity contribution in [3.05, 3.63) is 83.4 Å². The highest BCUT2D eigenvalue weighted by Crippen LogP contribution is 2.33. The number of nitrogens with zero attached hydrogens (tertiary/aromatic N) is 2. The summed E-state index contributed by atoms with van der Waals surface area (Å²) in [6, 6.07) is 12.0. The van der Waals surface area contributed by atoms with Gasteiger partial charge >= 0.3 is 12.1 Å². The van der Waals surface area contributed by atoms with E-state index in [1.165, 1.54) is 24.3 Å².